The lowest BCUT2D eigenvalue weighted by Gasteiger charge is -2.48. The first-order valence-electron chi connectivity index (χ1n) is 8.33. The Kier molecular flexibility index (Phi) is 5.97. The molecule has 2 rings (SSSR count). The molecule has 106 valence electrons. The van der Waals surface area contributed by atoms with Gasteiger partial charge in [-0.1, -0.05) is 33.1 Å². The van der Waals surface area contributed by atoms with Crippen molar-refractivity contribution in [2.75, 3.05) is 19.6 Å². The van der Waals surface area contributed by atoms with Crippen molar-refractivity contribution in [3.8, 4) is 0 Å². The molecule has 2 fully saturated rings. The first-order valence-corrected chi connectivity index (χ1v) is 8.33. The van der Waals surface area contributed by atoms with Gasteiger partial charge in [-0.2, -0.15) is 0 Å². The predicted molar refractivity (Wildman–Crippen MR) is 78.9 cm³/mol. The third-order valence-electron chi connectivity index (χ3n) is 5.05. The minimum Gasteiger partial charge on any atom is -0.316 e. The fourth-order valence-corrected chi connectivity index (χ4v) is 3.87. The molecule has 0 heterocycles. The van der Waals surface area contributed by atoms with Gasteiger partial charge < -0.3 is 5.32 Å². The summed E-state index contributed by atoms with van der Waals surface area (Å²) in [5.74, 6) is 0.929. The molecule has 0 aromatic rings. The van der Waals surface area contributed by atoms with Crippen LogP contribution in [0.1, 0.15) is 65.2 Å². The highest BCUT2D eigenvalue weighted by Gasteiger charge is 2.37. The summed E-state index contributed by atoms with van der Waals surface area (Å²) in [7, 11) is 0. The SMILES string of the molecule is CCCNCC1CCC1N(CC)C1CCCCC1. The smallest absolute Gasteiger partial charge is 0.0139 e. The van der Waals surface area contributed by atoms with Crippen molar-refractivity contribution in [2.45, 2.75) is 77.3 Å². The highest BCUT2D eigenvalue weighted by molar-refractivity contribution is 4.93. The Morgan fingerprint density at radius 2 is 1.78 bits per heavy atom. The summed E-state index contributed by atoms with van der Waals surface area (Å²) in [5, 5.41) is 3.62. The molecule has 1 N–H and O–H groups in total. The van der Waals surface area contributed by atoms with Crippen molar-refractivity contribution in [1.29, 1.82) is 0 Å². The number of hydrogen-bond acceptors (Lipinski definition) is 2. The van der Waals surface area contributed by atoms with E-state index in [2.05, 4.69) is 24.1 Å². The van der Waals surface area contributed by atoms with E-state index in [-0.39, 0.29) is 0 Å². The van der Waals surface area contributed by atoms with Crippen LogP contribution in [0.5, 0.6) is 0 Å². The topological polar surface area (TPSA) is 15.3 Å². The summed E-state index contributed by atoms with van der Waals surface area (Å²) in [4.78, 5) is 2.85. The average molecular weight is 252 g/mol. The molecule has 0 aromatic carbocycles. The largest absolute Gasteiger partial charge is 0.316 e. The molecule has 0 aromatic heterocycles. The summed E-state index contributed by atoms with van der Waals surface area (Å²) >= 11 is 0. The van der Waals surface area contributed by atoms with E-state index in [4.69, 9.17) is 0 Å². The van der Waals surface area contributed by atoms with E-state index in [1.807, 2.05) is 0 Å². The Hall–Kier alpha value is -0.0800. The van der Waals surface area contributed by atoms with Crippen LogP contribution in [0.3, 0.4) is 0 Å². The van der Waals surface area contributed by atoms with Gasteiger partial charge in [0.25, 0.3) is 0 Å². The maximum atomic E-state index is 3.62. The van der Waals surface area contributed by atoms with Gasteiger partial charge in [-0.05, 0) is 57.7 Å². The summed E-state index contributed by atoms with van der Waals surface area (Å²) < 4.78 is 0. The van der Waals surface area contributed by atoms with E-state index in [9.17, 15) is 0 Å². The van der Waals surface area contributed by atoms with E-state index in [0.717, 1.165) is 18.0 Å². The molecule has 0 aliphatic heterocycles. The van der Waals surface area contributed by atoms with Gasteiger partial charge in [-0.15, -0.1) is 0 Å². The van der Waals surface area contributed by atoms with Crippen molar-refractivity contribution in [1.82, 2.24) is 10.2 Å². The molecule has 18 heavy (non-hydrogen) atoms. The maximum absolute atomic E-state index is 3.62. The van der Waals surface area contributed by atoms with Crippen LogP contribution in [-0.4, -0.2) is 36.6 Å². The van der Waals surface area contributed by atoms with Crippen molar-refractivity contribution in [3.05, 3.63) is 0 Å². The third-order valence-corrected chi connectivity index (χ3v) is 5.05. The van der Waals surface area contributed by atoms with Crippen LogP contribution in [0.15, 0.2) is 0 Å². The van der Waals surface area contributed by atoms with Crippen LogP contribution >= 0.6 is 0 Å². The zero-order valence-electron chi connectivity index (χ0n) is 12.5. The molecule has 2 heteroatoms. The van der Waals surface area contributed by atoms with Crippen LogP contribution in [0.4, 0.5) is 0 Å². The zero-order chi connectivity index (χ0) is 12.8. The van der Waals surface area contributed by atoms with E-state index in [0.29, 0.717) is 0 Å². The lowest BCUT2D eigenvalue weighted by atomic mass is 9.76. The second kappa shape index (κ2) is 7.49. The van der Waals surface area contributed by atoms with Gasteiger partial charge in [-0.25, -0.2) is 0 Å². The lowest BCUT2D eigenvalue weighted by molar-refractivity contribution is 0.0185. The molecule has 0 radical (unpaired) electrons. The van der Waals surface area contributed by atoms with Crippen LogP contribution < -0.4 is 5.32 Å². The second-order valence-corrected chi connectivity index (χ2v) is 6.23. The van der Waals surface area contributed by atoms with Gasteiger partial charge in [0.05, 0.1) is 0 Å². The van der Waals surface area contributed by atoms with E-state index >= 15 is 0 Å². The van der Waals surface area contributed by atoms with Gasteiger partial charge in [0, 0.05) is 12.1 Å². The summed E-state index contributed by atoms with van der Waals surface area (Å²) in [5.41, 5.74) is 0. The highest BCUT2D eigenvalue weighted by Crippen LogP contribution is 2.35. The summed E-state index contributed by atoms with van der Waals surface area (Å²) in [6, 6.07) is 1.80. The maximum Gasteiger partial charge on any atom is 0.0139 e. The van der Waals surface area contributed by atoms with Crippen LogP contribution in [0, 0.1) is 5.92 Å². The number of rotatable bonds is 7. The molecular weight excluding hydrogens is 220 g/mol. The lowest BCUT2D eigenvalue weighted by Crippen LogP contribution is -2.54. The first-order chi connectivity index (χ1) is 8.86. The first kappa shape index (κ1) is 14.3. The molecule has 2 aliphatic carbocycles. The molecule has 0 amide bonds. The number of nitrogens with one attached hydrogen (secondary N) is 1. The average Bonchev–Trinajstić information content (AvgIpc) is 2.40. The molecule has 0 bridgehead atoms. The quantitative estimate of drug-likeness (QED) is 0.698. The Morgan fingerprint density at radius 1 is 1.00 bits per heavy atom. The number of hydrogen-bond donors (Lipinski definition) is 1. The highest BCUT2D eigenvalue weighted by atomic mass is 15.2. The van der Waals surface area contributed by atoms with Gasteiger partial charge in [0.15, 0.2) is 0 Å². The van der Waals surface area contributed by atoms with Gasteiger partial charge in [0.1, 0.15) is 0 Å². The van der Waals surface area contributed by atoms with Crippen LogP contribution in [-0.2, 0) is 0 Å². The van der Waals surface area contributed by atoms with Crippen molar-refractivity contribution in [3.63, 3.8) is 0 Å². The van der Waals surface area contributed by atoms with E-state index < -0.39 is 0 Å². The standard InChI is InChI=1S/C16H32N2/c1-3-12-17-13-14-10-11-16(14)18(4-2)15-8-6-5-7-9-15/h14-17H,3-13H2,1-2H3. The van der Waals surface area contributed by atoms with Crippen molar-refractivity contribution < 1.29 is 0 Å². The third kappa shape index (κ3) is 3.48. The molecule has 2 aliphatic rings. The molecule has 0 saturated heterocycles. The monoisotopic (exact) mass is 252 g/mol. The predicted octanol–water partition coefficient (Wildman–Crippen LogP) is 3.42. The van der Waals surface area contributed by atoms with Gasteiger partial charge in [0.2, 0.25) is 0 Å². The Bertz CT molecular complexity index is 223. The molecule has 0 spiro atoms. The van der Waals surface area contributed by atoms with Gasteiger partial charge in [-0.3, -0.25) is 4.90 Å². The Balaban J connectivity index is 1.79. The molecule has 2 unspecified atom stereocenters. The summed E-state index contributed by atoms with van der Waals surface area (Å²) in [6.07, 6.45) is 11.5. The fraction of sp³-hybridized carbons (Fsp3) is 1.00. The summed E-state index contributed by atoms with van der Waals surface area (Å²) in [6.45, 7) is 8.33. The minimum atomic E-state index is 0.891. The molecule has 2 nitrogen and oxygen atoms in total. The normalized spacial score (nSPS) is 29.5. The fourth-order valence-electron chi connectivity index (χ4n) is 3.87. The van der Waals surface area contributed by atoms with E-state index in [1.54, 1.807) is 0 Å². The Morgan fingerprint density at radius 3 is 2.33 bits per heavy atom. The number of nitrogens with zero attached hydrogens (tertiary/aromatic N) is 1. The van der Waals surface area contributed by atoms with Crippen LogP contribution in [0.2, 0.25) is 0 Å². The molecule has 2 saturated carbocycles. The van der Waals surface area contributed by atoms with Crippen molar-refractivity contribution in [2.24, 2.45) is 5.92 Å². The molecular formula is C16H32N2. The zero-order valence-corrected chi connectivity index (χ0v) is 12.5. The minimum absolute atomic E-state index is 0.891. The Labute approximate surface area is 114 Å². The van der Waals surface area contributed by atoms with E-state index in [1.165, 1.54) is 71.0 Å². The van der Waals surface area contributed by atoms with Crippen molar-refractivity contribution >= 4 is 0 Å². The second-order valence-electron chi connectivity index (χ2n) is 6.23. The molecule has 2 atom stereocenters. The van der Waals surface area contributed by atoms with Gasteiger partial charge >= 0.3 is 0 Å². The van der Waals surface area contributed by atoms with Crippen LogP contribution in [0.25, 0.3) is 0 Å².